The van der Waals surface area contributed by atoms with E-state index in [1.165, 1.54) is 0 Å². The molecule has 0 aliphatic carbocycles. The van der Waals surface area contributed by atoms with Gasteiger partial charge in [0.1, 0.15) is 0 Å². The molecule has 0 aliphatic rings. The summed E-state index contributed by atoms with van der Waals surface area (Å²) in [4.78, 5) is 4.48. The van der Waals surface area contributed by atoms with Crippen LogP contribution in [0.3, 0.4) is 0 Å². The van der Waals surface area contributed by atoms with Crippen LogP contribution < -0.4 is 4.72 Å². The first-order valence-corrected chi connectivity index (χ1v) is 8.39. The number of rotatable bonds is 3. The summed E-state index contributed by atoms with van der Waals surface area (Å²) < 4.78 is 15.3. The molecular weight excluding hydrogens is 304 g/mol. The molecule has 0 spiro atoms. The van der Waals surface area contributed by atoms with Crippen LogP contribution in [0.5, 0.6) is 0 Å². The Morgan fingerprint density at radius 2 is 1.67 bits per heavy atom. The molecule has 114 valence electrons. The molecule has 1 aromatic carbocycles. The zero-order chi connectivity index (χ0) is 15.8. The molecule has 2 aromatic rings. The van der Waals surface area contributed by atoms with E-state index >= 15 is 0 Å². The Kier molecular flexibility index (Phi) is 4.43. The molecule has 5 heteroatoms. The van der Waals surface area contributed by atoms with E-state index < -0.39 is 16.5 Å². The number of benzene rings is 1. The van der Waals surface area contributed by atoms with Crippen molar-refractivity contribution in [2.75, 3.05) is 0 Å². The second-order valence-corrected chi connectivity index (χ2v) is 8.98. The largest absolute Gasteiger partial charge is 0.257 e. The molecule has 1 unspecified atom stereocenters. The first kappa shape index (κ1) is 16.4. The van der Waals surface area contributed by atoms with Crippen molar-refractivity contribution in [3.63, 3.8) is 0 Å². The minimum absolute atomic E-state index is 0.334. The average Bonchev–Trinajstić information content (AvgIpc) is 2.37. The second-order valence-electron chi connectivity index (χ2n) is 6.61. The Bertz CT molecular complexity index is 692. The van der Waals surface area contributed by atoms with E-state index in [-0.39, 0.29) is 4.75 Å². The van der Waals surface area contributed by atoms with Crippen LogP contribution in [-0.2, 0) is 16.5 Å². The number of halogens is 1. The van der Waals surface area contributed by atoms with E-state index in [0.29, 0.717) is 5.02 Å². The average molecular weight is 325 g/mol. The van der Waals surface area contributed by atoms with Gasteiger partial charge in [0.2, 0.25) is 0 Å². The van der Waals surface area contributed by atoms with E-state index in [2.05, 4.69) is 9.71 Å². The number of fused-ring (bicyclic) bond motifs is 1. The highest BCUT2D eigenvalue weighted by atomic mass is 35.5. The minimum Gasteiger partial charge on any atom is -0.257 e. The van der Waals surface area contributed by atoms with E-state index in [1.54, 1.807) is 6.20 Å². The summed E-state index contributed by atoms with van der Waals surface area (Å²) in [6.45, 7) is 9.80. The lowest BCUT2D eigenvalue weighted by molar-refractivity contribution is 0.478. The maximum Gasteiger partial charge on any atom is 0.0978 e. The third-order valence-electron chi connectivity index (χ3n) is 3.24. The topological polar surface area (TPSA) is 42.0 Å². The molecule has 3 nitrogen and oxygen atoms in total. The standard InChI is InChI=1S/C16H21ClN2OS/c1-15(2,3)21(20)19-16(4,5)14-12-9-7-6-8-11(12)13(17)10-18-14/h6-10,19H,1-5H3. The number of nitrogens with one attached hydrogen (secondary N) is 1. The molecule has 1 N–H and O–H groups in total. The van der Waals surface area contributed by atoms with Gasteiger partial charge in [-0.2, -0.15) is 0 Å². The molecule has 2 rings (SSSR count). The van der Waals surface area contributed by atoms with Gasteiger partial charge in [0.05, 0.1) is 32.0 Å². The summed E-state index contributed by atoms with van der Waals surface area (Å²) in [5.41, 5.74) is 0.322. The molecule has 1 aromatic heterocycles. The van der Waals surface area contributed by atoms with Crippen LogP contribution in [0.4, 0.5) is 0 Å². The maximum atomic E-state index is 12.4. The molecule has 21 heavy (non-hydrogen) atoms. The van der Waals surface area contributed by atoms with Crippen LogP contribution >= 0.6 is 11.6 Å². The smallest absolute Gasteiger partial charge is 0.0978 e. The number of pyridine rings is 1. The van der Waals surface area contributed by atoms with Gasteiger partial charge in [-0.15, -0.1) is 0 Å². The quantitative estimate of drug-likeness (QED) is 0.920. The third kappa shape index (κ3) is 3.44. The van der Waals surface area contributed by atoms with Crippen molar-refractivity contribution < 1.29 is 4.21 Å². The van der Waals surface area contributed by atoms with Crippen molar-refractivity contribution in [3.8, 4) is 0 Å². The van der Waals surface area contributed by atoms with E-state index in [1.807, 2.05) is 58.9 Å². The monoisotopic (exact) mass is 324 g/mol. The number of aromatic nitrogens is 1. The van der Waals surface area contributed by atoms with Gasteiger partial charge < -0.3 is 0 Å². The highest BCUT2D eigenvalue weighted by molar-refractivity contribution is 7.84. The maximum absolute atomic E-state index is 12.4. The Balaban J connectivity index is 2.50. The van der Waals surface area contributed by atoms with Gasteiger partial charge in [0.25, 0.3) is 0 Å². The number of hydrogen-bond donors (Lipinski definition) is 1. The summed E-state index contributed by atoms with van der Waals surface area (Å²) in [5, 5.41) is 2.57. The van der Waals surface area contributed by atoms with Crippen molar-refractivity contribution in [1.29, 1.82) is 0 Å². The van der Waals surface area contributed by atoms with Crippen LogP contribution in [0.1, 0.15) is 40.3 Å². The van der Waals surface area contributed by atoms with Crippen molar-refractivity contribution in [3.05, 3.63) is 41.2 Å². The molecule has 0 saturated carbocycles. The normalized spacial score (nSPS) is 14.4. The van der Waals surface area contributed by atoms with E-state index in [9.17, 15) is 4.21 Å². The SMILES string of the molecule is CC(C)(NS(=O)C(C)(C)C)c1ncc(Cl)c2ccccc12. The molecule has 1 atom stereocenters. The summed E-state index contributed by atoms with van der Waals surface area (Å²) >= 11 is 6.21. The molecule has 1 heterocycles. The van der Waals surface area contributed by atoms with E-state index in [0.717, 1.165) is 16.5 Å². The third-order valence-corrected chi connectivity index (χ3v) is 5.35. The van der Waals surface area contributed by atoms with Gasteiger partial charge in [-0.3, -0.25) is 4.98 Å². The predicted molar refractivity (Wildman–Crippen MR) is 90.8 cm³/mol. The molecular formula is C16H21ClN2OS. The Hall–Kier alpha value is -0.970. The van der Waals surface area contributed by atoms with Crippen LogP contribution in [-0.4, -0.2) is 13.9 Å². The molecule has 0 amide bonds. The highest BCUT2D eigenvalue weighted by Gasteiger charge is 2.31. The fourth-order valence-electron chi connectivity index (χ4n) is 2.09. The van der Waals surface area contributed by atoms with Crippen molar-refractivity contribution in [2.45, 2.75) is 44.9 Å². The Morgan fingerprint density at radius 3 is 2.24 bits per heavy atom. The summed E-state index contributed by atoms with van der Waals surface area (Å²) in [5.74, 6) is 0. The van der Waals surface area contributed by atoms with Crippen LogP contribution in [0.2, 0.25) is 5.02 Å². The zero-order valence-electron chi connectivity index (χ0n) is 13.0. The molecule has 0 radical (unpaired) electrons. The first-order chi connectivity index (χ1) is 9.63. The van der Waals surface area contributed by atoms with Gasteiger partial charge >= 0.3 is 0 Å². The summed E-state index contributed by atoms with van der Waals surface area (Å²) in [6, 6.07) is 7.87. The zero-order valence-corrected chi connectivity index (χ0v) is 14.6. The van der Waals surface area contributed by atoms with Crippen molar-refractivity contribution in [2.24, 2.45) is 0 Å². The molecule has 0 bridgehead atoms. The van der Waals surface area contributed by atoms with Crippen molar-refractivity contribution in [1.82, 2.24) is 9.71 Å². The second kappa shape index (κ2) is 5.67. The van der Waals surface area contributed by atoms with Gasteiger partial charge in [-0.05, 0) is 34.6 Å². The fraction of sp³-hybridized carbons (Fsp3) is 0.438. The summed E-state index contributed by atoms with van der Waals surface area (Å²) in [6.07, 6.45) is 1.66. The van der Waals surface area contributed by atoms with Gasteiger partial charge in [0, 0.05) is 17.0 Å². The van der Waals surface area contributed by atoms with E-state index in [4.69, 9.17) is 11.6 Å². The lowest BCUT2D eigenvalue weighted by Crippen LogP contribution is -2.44. The number of hydrogen-bond acceptors (Lipinski definition) is 2. The van der Waals surface area contributed by atoms with Gasteiger partial charge in [-0.1, -0.05) is 35.9 Å². The minimum atomic E-state index is -1.18. The number of nitrogens with zero attached hydrogens (tertiary/aromatic N) is 1. The van der Waals surface area contributed by atoms with Crippen LogP contribution in [0.25, 0.3) is 10.8 Å². The van der Waals surface area contributed by atoms with Crippen molar-refractivity contribution >= 4 is 33.4 Å². The molecule has 0 fully saturated rings. The lowest BCUT2D eigenvalue weighted by atomic mass is 9.96. The predicted octanol–water partition coefficient (Wildman–Crippen LogP) is 4.18. The summed E-state index contributed by atoms with van der Waals surface area (Å²) in [7, 11) is -1.18. The van der Waals surface area contributed by atoms with Crippen LogP contribution in [0, 0.1) is 0 Å². The lowest BCUT2D eigenvalue weighted by Gasteiger charge is -2.30. The van der Waals surface area contributed by atoms with Gasteiger partial charge in [0.15, 0.2) is 0 Å². The first-order valence-electron chi connectivity index (χ1n) is 6.86. The highest BCUT2D eigenvalue weighted by Crippen LogP contribution is 2.31. The van der Waals surface area contributed by atoms with Gasteiger partial charge in [-0.25, -0.2) is 8.93 Å². The van der Waals surface area contributed by atoms with Crippen LogP contribution in [0.15, 0.2) is 30.5 Å². The molecule has 0 aliphatic heterocycles. The Labute approximate surface area is 133 Å². The Morgan fingerprint density at radius 1 is 1.10 bits per heavy atom. The molecule has 0 saturated heterocycles. The fourth-order valence-corrected chi connectivity index (χ4v) is 3.17.